The molecule has 3 N–H and O–H groups in total. The summed E-state index contributed by atoms with van der Waals surface area (Å²) in [7, 11) is 0. The average molecular weight is 260 g/mol. The minimum absolute atomic E-state index is 0.0257. The number of amides is 1. The lowest BCUT2D eigenvalue weighted by Crippen LogP contribution is -2.22. The molecule has 0 saturated carbocycles. The summed E-state index contributed by atoms with van der Waals surface area (Å²) in [5, 5.41) is 6.64. The quantitative estimate of drug-likeness (QED) is 0.865. The molecule has 18 heavy (non-hydrogen) atoms. The molecule has 3 nitrogen and oxygen atoms in total. The van der Waals surface area contributed by atoms with Crippen LogP contribution in [-0.4, -0.2) is 12.5 Å². The number of hydrogen-bond donors (Lipinski definition) is 2. The Labute approximate surface area is 111 Å². The van der Waals surface area contributed by atoms with E-state index in [-0.39, 0.29) is 5.91 Å². The van der Waals surface area contributed by atoms with Gasteiger partial charge in [-0.3, -0.25) is 4.79 Å². The summed E-state index contributed by atoms with van der Waals surface area (Å²) in [6, 6.07) is 9.99. The van der Waals surface area contributed by atoms with E-state index in [1.807, 2.05) is 29.0 Å². The van der Waals surface area contributed by atoms with E-state index in [1.165, 1.54) is 16.9 Å². The molecule has 0 aliphatic heterocycles. The first kappa shape index (κ1) is 12.8. The SMILES string of the molecule is NCCc1ccc(CNC(=O)c2ccsc2)cc1. The van der Waals surface area contributed by atoms with Crippen LogP contribution in [0.15, 0.2) is 41.1 Å². The lowest BCUT2D eigenvalue weighted by atomic mass is 10.1. The highest BCUT2D eigenvalue weighted by molar-refractivity contribution is 7.08. The minimum Gasteiger partial charge on any atom is -0.348 e. The van der Waals surface area contributed by atoms with Crippen molar-refractivity contribution in [3.8, 4) is 0 Å². The Morgan fingerprint density at radius 1 is 1.17 bits per heavy atom. The molecule has 1 amide bonds. The second-order valence-electron chi connectivity index (χ2n) is 4.05. The highest BCUT2D eigenvalue weighted by atomic mass is 32.1. The Balaban J connectivity index is 1.88. The van der Waals surface area contributed by atoms with E-state index in [0.29, 0.717) is 13.1 Å². The third kappa shape index (κ3) is 3.42. The number of carbonyl (C=O) groups excluding carboxylic acids is 1. The molecule has 0 saturated heterocycles. The van der Waals surface area contributed by atoms with Gasteiger partial charge in [0.05, 0.1) is 0 Å². The third-order valence-electron chi connectivity index (χ3n) is 2.69. The summed E-state index contributed by atoms with van der Waals surface area (Å²) in [6.07, 6.45) is 0.890. The molecule has 4 heteroatoms. The number of hydrogen-bond acceptors (Lipinski definition) is 3. The fraction of sp³-hybridized carbons (Fsp3) is 0.214. The van der Waals surface area contributed by atoms with Gasteiger partial charge in [0, 0.05) is 17.5 Å². The fourth-order valence-corrected chi connectivity index (χ4v) is 2.30. The van der Waals surface area contributed by atoms with Gasteiger partial charge in [0.25, 0.3) is 5.91 Å². The summed E-state index contributed by atoms with van der Waals surface area (Å²) in [5.41, 5.74) is 8.54. The predicted octanol–water partition coefficient (Wildman–Crippen LogP) is 2.18. The van der Waals surface area contributed by atoms with E-state index in [9.17, 15) is 4.79 Å². The monoisotopic (exact) mass is 260 g/mol. The molecule has 1 aromatic heterocycles. The molecule has 0 atom stereocenters. The van der Waals surface area contributed by atoms with Crippen molar-refractivity contribution < 1.29 is 4.79 Å². The normalized spacial score (nSPS) is 10.3. The second-order valence-corrected chi connectivity index (χ2v) is 4.83. The second kappa shape index (κ2) is 6.33. The van der Waals surface area contributed by atoms with Gasteiger partial charge in [-0.05, 0) is 35.5 Å². The van der Waals surface area contributed by atoms with Crippen LogP contribution < -0.4 is 11.1 Å². The van der Waals surface area contributed by atoms with E-state index in [1.54, 1.807) is 0 Å². The van der Waals surface area contributed by atoms with Gasteiger partial charge in [-0.25, -0.2) is 0 Å². The standard InChI is InChI=1S/C14H16N2OS/c15-7-5-11-1-3-12(4-2-11)9-16-14(17)13-6-8-18-10-13/h1-4,6,8,10H,5,7,9,15H2,(H,16,17). The highest BCUT2D eigenvalue weighted by Crippen LogP contribution is 2.07. The van der Waals surface area contributed by atoms with Gasteiger partial charge < -0.3 is 11.1 Å². The first-order chi connectivity index (χ1) is 8.79. The van der Waals surface area contributed by atoms with E-state index >= 15 is 0 Å². The number of nitrogens with two attached hydrogens (primary N) is 1. The van der Waals surface area contributed by atoms with Crippen LogP contribution in [0.2, 0.25) is 0 Å². The van der Waals surface area contributed by atoms with Crippen LogP contribution >= 0.6 is 11.3 Å². The van der Waals surface area contributed by atoms with Crippen LogP contribution in [0.5, 0.6) is 0 Å². The van der Waals surface area contributed by atoms with Gasteiger partial charge in [0.2, 0.25) is 0 Å². The van der Waals surface area contributed by atoms with Crippen LogP contribution in [0, 0.1) is 0 Å². The maximum Gasteiger partial charge on any atom is 0.252 e. The van der Waals surface area contributed by atoms with Crippen molar-refractivity contribution in [2.24, 2.45) is 5.73 Å². The Hall–Kier alpha value is -1.65. The Morgan fingerprint density at radius 2 is 1.89 bits per heavy atom. The van der Waals surface area contributed by atoms with E-state index < -0.39 is 0 Å². The fourth-order valence-electron chi connectivity index (χ4n) is 1.67. The molecule has 2 rings (SSSR count). The molecule has 0 unspecified atom stereocenters. The molecule has 0 aliphatic carbocycles. The lowest BCUT2D eigenvalue weighted by Gasteiger charge is -2.05. The van der Waals surface area contributed by atoms with Crippen molar-refractivity contribution in [3.63, 3.8) is 0 Å². The molecule has 0 radical (unpaired) electrons. The average Bonchev–Trinajstić information content (AvgIpc) is 2.92. The van der Waals surface area contributed by atoms with Crippen LogP contribution in [0.25, 0.3) is 0 Å². The summed E-state index contributed by atoms with van der Waals surface area (Å²) in [5.74, 6) is -0.0257. The summed E-state index contributed by atoms with van der Waals surface area (Å²) in [6.45, 7) is 1.21. The van der Waals surface area contributed by atoms with Gasteiger partial charge in [-0.1, -0.05) is 24.3 Å². The molecule has 0 aliphatic rings. The first-order valence-electron chi connectivity index (χ1n) is 5.88. The molecule has 0 spiro atoms. The number of thiophene rings is 1. The van der Waals surface area contributed by atoms with Crippen molar-refractivity contribution in [1.82, 2.24) is 5.32 Å². The van der Waals surface area contributed by atoms with Crippen LogP contribution in [0.3, 0.4) is 0 Å². The zero-order chi connectivity index (χ0) is 12.8. The van der Waals surface area contributed by atoms with E-state index in [4.69, 9.17) is 5.73 Å². The number of nitrogens with one attached hydrogen (secondary N) is 1. The lowest BCUT2D eigenvalue weighted by molar-refractivity contribution is 0.0951. The van der Waals surface area contributed by atoms with E-state index in [0.717, 1.165) is 17.5 Å². The maximum absolute atomic E-state index is 11.7. The smallest absolute Gasteiger partial charge is 0.252 e. The Bertz CT molecular complexity index is 491. The van der Waals surface area contributed by atoms with Crippen molar-refractivity contribution >= 4 is 17.2 Å². The summed E-state index contributed by atoms with van der Waals surface area (Å²) in [4.78, 5) is 11.7. The van der Waals surface area contributed by atoms with E-state index in [2.05, 4.69) is 17.4 Å². The molecule has 0 fully saturated rings. The molecular formula is C14H16N2OS. The van der Waals surface area contributed by atoms with Gasteiger partial charge in [0.1, 0.15) is 0 Å². The number of rotatable bonds is 5. The minimum atomic E-state index is -0.0257. The molecular weight excluding hydrogens is 244 g/mol. The molecule has 2 aromatic rings. The molecule has 1 aromatic carbocycles. The largest absolute Gasteiger partial charge is 0.348 e. The third-order valence-corrected chi connectivity index (χ3v) is 3.38. The zero-order valence-corrected chi connectivity index (χ0v) is 10.9. The number of carbonyl (C=O) groups is 1. The maximum atomic E-state index is 11.7. The Morgan fingerprint density at radius 3 is 2.50 bits per heavy atom. The van der Waals surface area contributed by atoms with Crippen molar-refractivity contribution in [3.05, 3.63) is 57.8 Å². The molecule has 0 bridgehead atoms. The van der Waals surface area contributed by atoms with Crippen LogP contribution in [0.1, 0.15) is 21.5 Å². The highest BCUT2D eigenvalue weighted by Gasteiger charge is 2.04. The Kier molecular flexibility index (Phi) is 4.50. The first-order valence-corrected chi connectivity index (χ1v) is 6.82. The van der Waals surface area contributed by atoms with Crippen molar-refractivity contribution in [1.29, 1.82) is 0 Å². The van der Waals surface area contributed by atoms with Gasteiger partial charge >= 0.3 is 0 Å². The van der Waals surface area contributed by atoms with Gasteiger partial charge in [-0.2, -0.15) is 11.3 Å². The molecule has 1 heterocycles. The topological polar surface area (TPSA) is 55.1 Å². The van der Waals surface area contributed by atoms with Gasteiger partial charge in [-0.15, -0.1) is 0 Å². The van der Waals surface area contributed by atoms with Gasteiger partial charge in [0.15, 0.2) is 0 Å². The van der Waals surface area contributed by atoms with Crippen molar-refractivity contribution in [2.75, 3.05) is 6.54 Å². The summed E-state index contributed by atoms with van der Waals surface area (Å²) < 4.78 is 0. The van der Waals surface area contributed by atoms with Crippen LogP contribution in [-0.2, 0) is 13.0 Å². The van der Waals surface area contributed by atoms with Crippen molar-refractivity contribution in [2.45, 2.75) is 13.0 Å². The number of benzene rings is 1. The zero-order valence-electron chi connectivity index (χ0n) is 10.1. The molecule has 94 valence electrons. The van der Waals surface area contributed by atoms with Crippen LogP contribution in [0.4, 0.5) is 0 Å². The predicted molar refractivity (Wildman–Crippen MR) is 74.7 cm³/mol. The summed E-state index contributed by atoms with van der Waals surface area (Å²) >= 11 is 1.52.